The summed E-state index contributed by atoms with van der Waals surface area (Å²) in [5, 5.41) is 13.5. The number of esters is 1. The Morgan fingerprint density at radius 2 is 1.90 bits per heavy atom. The van der Waals surface area contributed by atoms with Crippen molar-refractivity contribution in [2.75, 3.05) is 24.3 Å². The van der Waals surface area contributed by atoms with Crippen LogP contribution in [0, 0.1) is 13.8 Å². The van der Waals surface area contributed by atoms with E-state index in [4.69, 9.17) is 19.4 Å². The summed E-state index contributed by atoms with van der Waals surface area (Å²) in [6.07, 6.45) is 4.74. The van der Waals surface area contributed by atoms with E-state index in [2.05, 4.69) is 61.5 Å². The number of benzene rings is 1. The van der Waals surface area contributed by atoms with Crippen LogP contribution in [0.5, 0.6) is 0 Å². The second-order valence-electron chi connectivity index (χ2n) is 10.9. The monoisotopic (exact) mass is 598 g/mol. The summed E-state index contributed by atoms with van der Waals surface area (Å²) in [6, 6.07) is 7.22. The van der Waals surface area contributed by atoms with Crippen molar-refractivity contribution in [3.8, 4) is 0 Å². The Morgan fingerprint density at radius 3 is 2.60 bits per heavy atom. The van der Waals surface area contributed by atoms with Gasteiger partial charge in [0.25, 0.3) is 0 Å². The number of thioether (sulfide) groups is 1. The van der Waals surface area contributed by atoms with Gasteiger partial charge in [0.15, 0.2) is 22.1 Å². The lowest BCUT2D eigenvalue weighted by molar-refractivity contribution is -0.144. The van der Waals surface area contributed by atoms with Crippen LogP contribution in [0.3, 0.4) is 0 Å². The molecular formula is C32H50N6O3S. The van der Waals surface area contributed by atoms with Crippen molar-refractivity contribution < 1.29 is 14.3 Å². The normalized spacial score (nSPS) is 22.5. The van der Waals surface area contributed by atoms with Gasteiger partial charge in [-0.1, -0.05) is 69.8 Å². The summed E-state index contributed by atoms with van der Waals surface area (Å²) in [5.74, 6) is 1.92. The lowest BCUT2D eigenvalue weighted by atomic mass is 10.0. The van der Waals surface area contributed by atoms with Crippen LogP contribution in [0.15, 0.2) is 23.4 Å². The highest BCUT2D eigenvalue weighted by Crippen LogP contribution is 2.44. The first-order valence-electron chi connectivity index (χ1n) is 15.6. The fraction of sp³-hybridized carbons (Fsp3) is 0.656. The predicted molar refractivity (Wildman–Crippen MR) is 171 cm³/mol. The molecule has 1 aromatic carbocycles. The predicted octanol–water partition coefficient (Wildman–Crippen LogP) is 7.42. The summed E-state index contributed by atoms with van der Waals surface area (Å²) < 4.78 is 13.1. The summed E-state index contributed by atoms with van der Waals surface area (Å²) in [7, 11) is 0. The van der Waals surface area contributed by atoms with Gasteiger partial charge in [-0.15, -0.1) is 5.10 Å². The largest absolute Gasteiger partial charge is 0.463 e. The van der Waals surface area contributed by atoms with Gasteiger partial charge in [-0.25, -0.2) is 14.6 Å². The smallest absolute Gasteiger partial charge is 0.302 e. The molecule has 0 saturated heterocycles. The number of ether oxygens (including phenoxy) is 2. The van der Waals surface area contributed by atoms with Gasteiger partial charge >= 0.3 is 5.97 Å². The molecule has 1 unspecified atom stereocenters. The fourth-order valence-electron chi connectivity index (χ4n) is 5.30. The molecule has 4 atom stereocenters. The molecule has 0 amide bonds. The number of hydrogen-bond donors (Lipinski definition) is 1. The molecule has 0 aliphatic heterocycles. The maximum Gasteiger partial charge on any atom is 0.302 e. The van der Waals surface area contributed by atoms with E-state index < -0.39 is 0 Å². The van der Waals surface area contributed by atoms with Crippen LogP contribution in [0.1, 0.15) is 109 Å². The van der Waals surface area contributed by atoms with E-state index >= 15 is 0 Å². The Bertz CT molecular complexity index is 1310. The number of carbonyl (C=O) groups is 1. The SMILES string of the molecule is CC.CC.CCCSc1nc(N[C@@H]2CC2c2ccc(C)c(C)c2)c2nnn([C@H]3CC[C@@](C)(OCCOC(C)=O)C3)c2n1. The number of nitrogens with zero attached hydrogens (tertiary/aromatic N) is 5. The number of anilines is 1. The average molecular weight is 599 g/mol. The highest BCUT2D eigenvalue weighted by molar-refractivity contribution is 7.99. The first kappa shape index (κ1) is 33.8. The molecule has 0 bridgehead atoms. The van der Waals surface area contributed by atoms with Gasteiger partial charge < -0.3 is 14.8 Å². The summed E-state index contributed by atoms with van der Waals surface area (Å²) in [5.41, 5.74) is 5.23. The van der Waals surface area contributed by atoms with E-state index in [0.29, 0.717) is 18.6 Å². The second kappa shape index (κ2) is 15.7. The molecule has 9 nitrogen and oxygen atoms in total. The van der Waals surface area contributed by atoms with Gasteiger partial charge in [0.2, 0.25) is 0 Å². The molecule has 2 heterocycles. The van der Waals surface area contributed by atoms with E-state index in [1.807, 2.05) is 32.4 Å². The third kappa shape index (κ3) is 8.43. The fourth-order valence-corrected chi connectivity index (χ4v) is 5.99. The van der Waals surface area contributed by atoms with Gasteiger partial charge in [-0.2, -0.15) is 0 Å². The number of hydrogen-bond acceptors (Lipinski definition) is 9. The summed E-state index contributed by atoms with van der Waals surface area (Å²) in [6.45, 7) is 18.7. The molecular weight excluding hydrogens is 548 g/mol. The minimum Gasteiger partial charge on any atom is -0.463 e. The molecule has 2 aromatic heterocycles. The maximum atomic E-state index is 11.0. The molecule has 232 valence electrons. The van der Waals surface area contributed by atoms with E-state index in [1.165, 1.54) is 23.6 Å². The van der Waals surface area contributed by atoms with Gasteiger partial charge in [0.05, 0.1) is 18.2 Å². The first-order chi connectivity index (χ1) is 20.3. The Balaban J connectivity index is 0.00000116. The molecule has 3 aromatic rings. The van der Waals surface area contributed by atoms with Gasteiger partial charge in [0.1, 0.15) is 6.61 Å². The number of nitrogens with one attached hydrogen (secondary N) is 1. The molecule has 0 radical (unpaired) electrons. The maximum absolute atomic E-state index is 11.0. The van der Waals surface area contributed by atoms with E-state index in [1.54, 1.807) is 11.8 Å². The molecule has 42 heavy (non-hydrogen) atoms. The Kier molecular flexibility index (Phi) is 12.6. The number of aromatic nitrogens is 5. The molecule has 10 heteroatoms. The third-order valence-electron chi connectivity index (χ3n) is 7.67. The number of aryl methyl sites for hydroxylation is 2. The van der Waals surface area contributed by atoms with Crippen molar-refractivity contribution in [1.29, 1.82) is 0 Å². The van der Waals surface area contributed by atoms with Crippen LogP contribution in [-0.2, 0) is 14.3 Å². The summed E-state index contributed by atoms with van der Waals surface area (Å²) in [4.78, 5) is 20.8. The molecule has 2 aliphatic rings. The van der Waals surface area contributed by atoms with Crippen LogP contribution in [-0.4, -0.2) is 61.5 Å². The topological polar surface area (TPSA) is 104 Å². The zero-order valence-electron chi connectivity index (χ0n) is 27.0. The van der Waals surface area contributed by atoms with E-state index in [9.17, 15) is 4.79 Å². The van der Waals surface area contributed by atoms with Crippen LogP contribution < -0.4 is 5.32 Å². The minimum absolute atomic E-state index is 0.134. The molecule has 2 saturated carbocycles. The molecule has 2 aliphatic carbocycles. The standard InChI is InChI=1S/C28H38N6O3S.2C2H6/c1-6-13-38-27-30-25(29-23-15-22(23)20-8-7-17(2)18(3)14-20)24-26(31-27)34(33-32-24)21-9-10-28(5,16-21)37-12-11-36-19(4)35;2*1-2/h7-8,14,21-23H,6,9-13,15-16H2,1-5H3,(H,29,30,31);2*1-2H3/t21-,22?,23+,28+;;/m0../s1. The second-order valence-corrected chi connectivity index (χ2v) is 11.9. The van der Waals surface area contributed by atoms with Gasteiger partial charge in [-0.05, 0) is 69.6 Å². The van der Waals surface area contributed by atoms with Crippen LogP contribution in [0.4, 0.5) is 5.82 Å². The molecule has 1 N–H and O–H groups in total. The van der Waals surface area contributed by atoms with Crippen LogP contribution >= 0.6 is 11.8 Å². The minimum atomic E-state index is -0.301. The average Bonchev–Trinajstić information content (AvgIpc) is 3.44. The number of fused-ring (bicyclic) bond motifs is 1. The van der Waals surface area contributed by atoms with Crippen molar-refractivity contribution in [1.82, 2.24) is 25.0 Å². The Morgan fingerprint density at radius 1 is 1.14 bits per heavy atom. The highest BCUT2D eigenvalue weighted by atomic mass is 32.2. The zero-order chi connectivity index (χ0) is 30.9. The summed E-state index contributed by atoms with van der Waals surface area (Å²) >= 11 is 1.67. The van der Waals surface area contributed by atoms with Crippen molar-refractivity contribution in [3.05, 3.63) is 34.9 Å². The van der Waals surface area contributed by atoms with E-state index in [-0.39, 0.29) is 24.2 Å². The zero-order valence-corrected chi connectivity index (χ0v) is 27.8. The third-order valence-corrected chi connectivity index (χ3v) is 8.72. The van der Waals surface area contributed by atoms with Gasteiger partial charge in [-0.3, -0.25) is 4.79 Å². The first-order valence-corrected chi connectivity index (χ1v) is 16.6. The lowest BCUT2D eigenvalue weighted by Crippen LogP contribution is -2.27. The number of rotatable bonds is 11. The van der Waals surface area contributed by atoms with Crippen LogP contribution in [0.25, 0.3) is 11.2 Å². The Labute approximate surface area is 255 Å². The van der Waals surface area contributed by atoms with E-state index in [0.717, 1.165) is 60.0 Å². The Hall–Kier alpha value is -2.72. The quantitative estimate of drug-likeness (QED) is 0.104. The number of carbonyl (C=O) groups excluding carboxylic acids is 1. The lowest BCUT2D eigenvalue weighted by Gasteiger charge is -2.24. The highest BCUT2D eigenvalue weighted by Gasteiger charge is 2.41. The molecule has 5 rings (SSSR count). The van der Waals surface area contributed by atoms with Crippen molar-refractivity contribution >= 4 is 34.7 Å². The van der Waals surface area contributed by atoms with Crippen molar-refractivity contribution in [3.63, 3.8) is 0 Å². The van der Waals surface area contributed by atoms with Crippen molar-refractivity contribution in [2.45, 2.75) is 123 Å². The van der Waals surface area contributed by atoms with Crippen LogP contribution in [0.2, 0.25) is 0 Å². The molecule has 0 spiro atoms. The molecule has 2 fully saturated rings. The van der Waals surface area contributed by atoms with Crippen molar-refractivity contribution in [2.24, 2.45) is 0 Å². The van der Waals surface area contributed by atoms with Gasteiger partial charge in [0, 0.05) is 24.6 Å².